The van der Waals surface area contributed by atoms with E-state index in [2.05, 4.69) is 12.2 Å². The van der Waals surface area contributed by atoms with Crippen molar-refractivity contribution in [3.8, 4) is 0 Å². The summed E-state index contributed by atoms with van der Waals surface area (Å²) < 4.78 is 16.6. The van der Waals surface area contributed by atoms with E-state index in [1.54, 1.807) is 7.11 Å². The number of hydrogen-bond donors (Lipinski definition) is 1. The Bertz CT molecular complexity index is 206. The minimum atomic E-state index is 0.0745. The lowest BCUT2D eigenvalue weighted by atomic mass is 10.0. The van der Waals surface area contributed by atoms with Gasteiger partial charge in [-0.25, -0.2) is 0 Å². The summed E-state index contributed by atoms with van der Waals surface area (Å²) in [6.07, 6.45) is 7.10. The molecule has 0 atom stereocenters. The summed E-state index contributed by atoms with van der Waals surface area (Å²) in [5.74, 6) is 0. The molecule has 0 aromatic carbocycles. The molecule has 0 bridgehead atoms. The van der Waals surface area contributed by atoms with E-state index in [1.807, 2.05) is 0 Å². The third-order valence-corrected chi connectivity index (χ3v) is 3.66. The standard InChI is InChI=1S/C15H31NO3/c1-3-9-16-14-15(7-4-5-8-15)19-13-12-18-11-6-10-17-2/h16H,3-14H2,1-2H3. The van der Waals surface area contributed by atoms with Crippen LogP contribution < -0.4 is 5.32 Å². The number of rotatable bonds is 12. The Morgan fingerprint density at radius 1 is 1.05 bits per heavy atom. The average Bonchev–Trinajstić information content (AvgIpc) is 2.87. The van der Waals surface area contributed by atoms with Crippen molar-refractivity contribution >= 4 is 0 Å². The van der Waals surface area contributed by atoms with Gasteiger partial charge in [0.15, 0.2) is 0 Å². The number of ether oxygens (including phenoxy) is 3. The molecule has 0 aromatic heterocycles. The summed E-state index contributed by atoms with van der Waals surface area (Å²) in [7, 11) is 1.72. The van der Waals surface area contributed by atoms with Crippen molar-refractivity contribution in [1.82, 2.24) is 5.32 Å². The van der Waals surface area contributed by atoms with Gasteiger partial charge in [-0.2, -0.15) is 0 Å². The molecular weight excluding hydrogens is 242 g/mol. The van der Waals surface area contributed by atoms with Gasteiger partial charge in [-0.05, 0) is 32.2 Å². The fourth-order valence-electron chi connectivity index (χ4n) is 2.61. The van der Waals surface area contributed by atoms with Crippen molar-refractivity contribution in [2.75, 3.05) is 46.6 Å². The van der Waals surface area contributed by atoms with Gasteiger partial charge in [-0.1, -0.05) is 19.8 Å². The van der Waals surface area contributed by atoms with Crippen molar-refractivity contribution in [3.05, 3.63) is 0 Å². The second kappa shape index (κ2) is 10.6. The van der Waals surface area contributed by atoms with E-state index in [0.717, 1.165) is 32.7 Å². The van der Waals surface area contributed by atoms with E-state index in [4.69, 9.17) is 14.2 Å². The Labute approximate surface area is 118 Å². The molecule has 0 spiro atoms. The molecule has 1 N–H and O–H groups in total. The maximum atomic E-state index is 6.12. The first-order chi connectivity index (χ1) is 9.33. The molecule has 1 aliphatic rings. The fourth-order valence-corrected chi connectivity index (χ4v) is 2.61. The minimum absolute atomic E-state index is 0.0745. The third kappa shape index (κ3) is 7.25. The Morgan fingerprint density at radius 2 is 1.84 bits per heavy atom. The summed E-state index contributed by atoms with van der Waals surface area (Å²) in [4.78, 5) is 0. The largest absolute Gasteiger partial charge is 0.385 e. The van der Waals surface area contributed by atoms with Crippen molar-refractivity contribution in [3.63, 3.8) is 0 Å². The van der Waals surface area contributed by atoms with Gasteiger partial charge in [0, 0.05) is 26.9 Å². The molecule has 1 fully saturated rings. The minimum Gasteiger partial charge on any atom is -0.385 e. The lowest BCUT2D eigenvalue weighted by Gasteiger charge is -2.30. The molecule has 4 nitrogen and oxygen atoms in total. The predicted molar refractivity (Wildman–Crippen MR) is 77.6 cm³/mol. The molecular formula is C15H31NO3. The molecule has 0 unspecified atom stereocenters. The average molecular weight is 273 g/mol. The molecule has 0 heterocycles. The smallest absolute Gasteiger partial charge is 0.0807 e. The van der Waals surface area contributed by atoms with E-state index in [0.29, 0.717) is 13.2 Å². The van der Waals surface area contributed by atoms with Gasteiger partial charge in [0.05, 0.1) is 18.8 Å². The maximum absolute atomic E-state index is 6.12. The maximum Gasteiger partial charge on any atom is 0.0807 e. The highest BCUT2D eigenvalue weighted by atomic mass is 16.5. The van der Waals surface area contributed by atoms with Gasteiger partial charge in [0.2, 0.25) is 0 Å². The van der Waals surface area contributed by atoms with Crippen molar-refractivity contribution in [2.45, 2.75) is 51.0 Å². The second-order valence-corrected chi connectivity index (χ2v) is 5.37. The molecule has 19 heavy (non-hydrogen) atoms. The van der Waals surface area contributed by atoms with Gasteiger partial charge >= 0.3 is 0 Å². The molecule has 1 rings (SSSR count). The van der Waals surface area contributed by atoms with E-state index in [-0.39, 0.29) is 5.60 Å². The van der Waals surface area contributed by atoms with E-state index < -0.39 is 0 Å². The van der Waals surface area contributed by atoms with Crippen LogP contribution in [0.3, 0.4) is 0 Å². The van der Waals surface area contributed by atoms with Gasteiger partial charge in [0.1, 0.15) is 0 Å². The summed E-state index contributed by atoms with van der Waals surface area (Å²) in [6.45, 7) is 7.20. The topological polar surface area (TPSA) is 39.7 Å². The lowest BCUT2D eigenvalue weighted by Crippen LogP contribution is -2.41. The normalized spacial score (nSPS) is 18.0. The summed E-state index contributed by atoms with van der Waals surface area (Å²) in [5.41, 5.74) is 0.0745. The van der Waals surface area contributed by atoms with Crippen LogP contribution in [0.2, 0.25) is 0 Å². The molecule has 1 saturated carbocycles. The number of nitrogens with one attached hydrogen (secondary N) is 1. The third-order valence-electron chi connectivity index (χ3n) is 3.66. The fraction of sp³-hybridized carbons (Fsp3) is 1.00. The van der Waals surface area contributed by atoms with Crippen LogP contribution in [0.1, 0.15) is 45.4 Å². The Kier molecular flexibility index (Phi) is 9.43. The van der Waals surface area contributed by atoms with E-state index >= 15 is 0 Å². The zero-order chi connectivity index (χ0) is 13.8. The number of methoxy groups -OCH3 is 1. The van der Waals surface area contributed by atoms with Gasteiger partial charge in [-0.3, -0.25) is 0 Å². The van der Waals surface area contributed by atoms with E-state index in [1.165, 1.54) is 32.1 Å². The molecule has 1 aliphatic carbocycles. The van der Waals surface area contributed by atoms with Crippen LogP contribution in [0.25, 0.3) is 0 Å². The van der Waals surface area contributed by atoms with Crippen LogP contribution >= 0.6 is 0 Å². The molecule has 4 heteroatoms. The van der Waals surface area contributed by atoms with E-state index in [9.17, 15) is 0 Å². The van der Waals surface area contributed by atoms with Crippen LogP contribution in [0.15, 0.2) is 0 Å². The van der Waals surface area contributed by atoms with Crippen LogP contribution in [0.5, 0.6) is 0 Å². The molecule has 114 valence electrons. The Morgan fingerprint density at radius 3 is 2.53 bits per heavy atom. The number of hydrogen-bond acceptors (Lipinski definition) is 4. The highest BCUT2D eigenvalue weighted by Gasteiger charge is 2.34. The summed E-state index contributed by atoms with van der Waals surface area (Å²) in [5, 5.41) is 3.50. The highest BCUT2D eigenvalue weighted by Crippen LogP contribution is 2.32. The molecule has 0 amide bonds. The van der Waals surface area contributed by atoms with Crippen LogP contribution in [0, 0.1) is 0 Å². The van der Waals surface area contributed by atoms with Crippen molar-refractivity contribution < 1.29 is 14.2 Å². The first-order valence-corrected chi connectivity index (χ1v) is 7.74. The highest BCUT2D eigenvalue weighted by molar-refractivity contribution is 4.88. The predicted octanol–water partition coefficient (Wildman–Crippen LogP) is 2.37. The van der Waals surface area contributed by atoms with Gasteiger partial charge in [0.25, 0.3) is 0 Å². The van der Waals surface area contributed by atoms with Gasteiger partial charge < -0.3 is 19.5 Å². The van der Waals surface area contributed by atoms with Crippen molar-refractivity contribution in [1.29, 1.82) is 0 Å². The summed E-state index contributed by atoms with van der Waals surface area (Å²) in [6, 6.07) is 0. The SMILES string of the molecule is CCCNCC1(OCCOCCCOC)CCCC1. The van der Waals surface area contributed by atoms with Crippen molar-refractivity contribution in [2.24, 2.45) is 0 Å². The monoisotopic (exact) mass is 273 g/mol. The molecule has 0 saturated heterocycles. The zero-order valence-electron chi connectivity index (χ0n) is 12.7. The van der Waals surface area contributed by atoms with Crippen LogP contribution in [-0.2, 0) is 14.2 Å². The molecule has 0 radical (unpaired) electrons. The Balaban J connectivity index is 2.08. The second-order valence-electron chi connectivity index (χ2n) is 5.37. The molecule has 0 aromatic rings. The quantitative estimate of drug-likeness (QED) is 0.554. The Hall–Kier alpha value is -0.160. The van der Waals surface area contributed by atoms with Crippen LogP contribution in [-0.4, -0.2) is 52.2 Å². The first-order valence-electron chi connectivity index (χ1n) is 7.74. The lowest BCUT2D eigenvalue weighted by molar-refractivity contribution is -0.0634. The zero-order valence-corrected chi connectivity index (χ0v) is 12.7. The van der Waals surface area contributed by atoms with Gasteiger partial charge in [-0.15, -0.1) is 0 Å². The van der Waals surface area contributed by atoms with Crippen LogP contribution in [0.4, 0.5) is 0 Å². The first kappa shape index (κ1) is 16.9. The molecule has 0 aliphatic heterocycles. The summed E-state index contributed by atoms with van der Waals surface area (Å²) >= 11 is 0.